The molecule has 1 unspecified atom stereocenters. The van der Waals surface area contributed by atoms with Crippen LogP contribution in [0.25, 0.3) is 5.69 Å². The van der Waals surface area contributed by atoms with Crippen molar-refractivity contribution in [3.63, 3.8) is 0 Å². The van der Waals surface area contributed by atoms with Crippen molar-refractivity contribution >= 4 is 21.6 Å². The van der Waals surface area contributed by atoms with Gasteiger partial charge >= 0.3 is 0 Å². The van der Waals surface area contributed by atoms with Gasteiger partial charge in [0.25, 0.3) is 0 Å². The summed E-state index contributed by atoms with van der Waals surface area (Å²) in [6.07, 6.45) is 2.94. The Kier molecular flexibility index (Phi) is 3.81. The molecule has 1 N–H and O–H groups in total. The van der Waals surface area contributed by atoms with Crippen molar-refractivity contribution in [2.24, 2.45) is 0 Å². The van der Waals surface area contributed by atoms with Gasteiger partial charge in [0.2, 0.25) is 11.6 Å². The second-order valence-electron chi connectivity index (χ2n) is 7.14. The summed E-state index contributed by atoms with van der Waals surface area (Å²) < 4.78 is 15.4. The van der Waals surface area contributed by atoms with E-state index >= 15 is 0 Å². The minimum Gasteiger partial charge on any atom is -0.456 e. The van der Waals surface area contributed by atoms with E-state index in [0.717, 1.165) is 45.0 Å². The number of hydrogen-bond donors (Lipinski definition) is 1. The van der Waals surface area contributed by atoms with Gasteiger partial charge in [-0.05, 0) is 66.0 Å². The molecule has 0 fully saturated rings. The van der Waals surface area contributed by atoms with Crippen LogP contribution in [0, 0.1) is 6.92 Å². The SMILES string of the molecule is CCc1cc(Br)c2c(c1)NC1(C=C(C)Oc3c1c(C)nn3-c1ccccc1)O2. The summed E-state index contributed by atoms with van der Waals surface area (Å²) in [5.74, 6) is 2.24. The molecule has 0 amide bonds. The van der Waals surface area contributed by atoms with Crippen LogP contribution in [0.4, 0.5) is 5.69 Å². The van der Waals surface area contributed by atoms with Gasteiger partial charge in [0.15, 0.2) is 5.75 Å². The van der Waals surface area contributed by atoms with Crippen molar-refractivity contribution in [1.29, 1.82) is 0 Å². The Morgan fingerprint density at radius 2 is 1.96 bits per heavy atom. The number of halogens is 1. The number of nitrogens with one attached hydrogen (secondary N) is 1. The maximum absolute atomic E-state index is 6.52. The number of hydrogen-bond acceptors (Lipinski definition) is 4. The molecule has 28 heavy (non-hydrogen) atoms. The van der Waals surface area contributed by atoms with Crippen LogP contribution in [0.1, 0.15) is 30.7 Å². The summed E-state index contributed by atoms with van der Waals surface area (Å²) in [7, 11) is 0. The molecule has 6 heteroatoms. The van der Waals surface area contributed by atoms with Gasteiger partial charge in [0.1, 0.15) is 11.3 Å². The van der Waals surface area contributed by atoms with E-state index in [2.05, 4.69) is 40.3 Å². The van der Waals surface area contributed by atoms with Crippen molar-refractivity contribution < 1.29 is 9.47 Å². The zero-order valence-corrected chi connectivity index (χ0v) is 17.5. The van der Waals surface area contributed by atoms with Gasteiger partial charge in [-0.25, -0.2) is 4.68 Å². The lowest BCUT2D eigenvalue weighted by Gasteiger charge is -2.31. The lowest BCUT2D eigenvalue weighted by atomic mass is 10.00. The predicted octanol–water partition coefficient (Wildman–Crippen LogP) is 5.46. The molecule has 5 nitrogen and oxygen atoms in total. The van der Waals surface area contributed by atoms with Crippen LogP contribution in [-0.4, -0.2) is 9.78 Å². The zero-order valence-electron chi connectivity index (χ0n) is 15.9. The number of fused-ring (bicyclic) bond motifs is 3. The van der Waals surface area contributed by atoms with Crippen molar-refractivity contribution in [2.45, 2.75) is 32.9 Å². The fraction of sp³-hybridized carbons (Fsp3) is 0.227. The van der Waals surface area contributed by atoms with Crippen LogP contribution in [0.3, 0.4) is 0 Å². The zero-order chi connectivity index (χ0) is 19.5. The van der Waals surface area contributed by atoms with Gasteiger partial charge in [-0.1, -0.05) is 25.1 Å². The Morgan fingerprint density at radius 3 is 2.71 bits per heavy atom. The first-order chi connectivity index (χ1) is 13.5. The molecule has 5 rings (SSSR count). The first-order valence-electron chi connectivity index (χ1n) is 9.33. The van der Waals surface area contributed by atoms with E-state index in [1.165, 1.54) is 5.56 Å². The van der Waals surface area contributed by atoms with E-state index < -0.39 is 5.72 Å². The van der Waals surface area contributed by atoms with E-state index in [0.29, 0.717) is 5.88 Å². The summed E-state index contributed by atoms with van der Waals surface area (Å²) in [4.78, 5) is 0. The fourth-order valence-corrected chi connectivity index (χ4v) is 4.52. The highest BCUT2D eigenvalue weighted by Gasteiger charge is 2.48. The molecule has 1 spiro atoms. The number of aromatic nitrogens is 2. The third kappa shape index (κ3) is 2.48. The van der Waals surface area contributed by atoms with Crippen molar-refractivity contribution in [2.75, 3.05) is 5.32 Å². The second-order valence-corrected chi connectivity index (χ2v) is 7.99. The molecular weight excluding hydrogens is 418 g/mol. The predicted molar refractivity (Wildman–Crippen MR) is 112 cm³/mol. The van der Waals surface area contributed by atoms with Crippen LogP contribution in [0.15, 0.2) is 58.8 Å². The average Bonchev–Trinajstić information content (AvgIpc) is 3.20. The first kappa shape index (κ1) is 17.4. The molecule has 1 aromatic heterocycles. The molecule has 0 saturated heterocycles. The Hall–Kier alpha value is -2.73. The number of ether oxygens (including phenoxy) is 2. The Balaban J connectivity index is 1.69. The Labute approximate surface area is 172 Å². The molecule has 3 aromatic rings. The van der Waals surface area contributed by atoms with E-state index in [-0.39, 0.29) is 0 Å². The van der Waals surface area contributed by atoms with E-state index in [1.807, 2.05) is 54.9 Å². The van der Waals surface area contributed by atoms with Crippen LogP contribution in [0.5, 0.6) is 11.6 Å². The van der Waals surface area contributed by atoms with Crippen LogP contribution >= 0.6 is 15.9 Å². The van der Waals surface area contributed by atoms with Crippen LogP contribution in [0.2, 0.25) is 0 Å². The van der Waals surface area contributed by atoms with Crippen molar-refractivity contribution in [1.82, 2.24) is 9.78 Å². The topological polar surface area (TPSA) is 48.3 Å². The highest BCUT2D eigenvalue weighted by atomic mass is 79.9. The van der Waals surface area contributed by atoms with E-state index in [9.17, 15) is 0 Å². The largest absolute Gasteiger partial charge is 0.456 e. The fourth-order valence-electron chi connectivity index (χ4n) is 3.93. The first-order valence-corrected chi connectivity index (χ1v) is 10.1. The van der Waals surface area contributed by atoms with E-state index in [4.69, 9.17) is 14.6 Å². The number of anilines is 1. The number of para-hydroxylation sites is 1. The standard InChI is InChI=1S/C22H20BrN3O2/c1-4-15-10-17(23)20-18(11-15)24-22(28-20)12-13(2)27-21-19(22)14(3)25-26(21)16-8-6-5-7-9-16/h5-12,24H,4H2,1-3H3. The Bertz CT molecular complexity index is 1120. The smallest absolute Gasteiger partial charge is 0.237 e. The lowest BCUT2D eigenvalue weighted by Crippen LogP contribution is -2.38. The maximum Gasteiger partial charge on any atom is 0.237 e. The Morgan fingerprint density at radius 1 is 1.18 bits per heavy atom. The minimum atomic E-state index is -0.841. The summed E-state index contributed by atoms with van der Waals surface area (Å²) in [6.45, 7) is 6.06. The molecule has 0 radical (unpaired) electrons. The maximum atomic E-state index is 6.52. The average molecular weight is 438 g/mol. The quantitative estimate of drug-likeness (QED) is 0.578. The summed E-state index contributed by atoms with van der Waals surface area (Å²) in [5.41, 5.74) is 4.06. The minimum absolute atomic E-state index is 0.677. The van der Waals surface area contributed by atoms with Gasteiger partial charge in [-0.3, -0.25) is 0 Å². The monoisotopic (exact) mass is 437 g/mol. The van der Waals surface area contributed by atoms with Crippen molar-refractivity contribution in [3.05, 3.63) is 75.6 Å². The number of allylic oxidation sites excluding steroid dienone is 1. The third-order valence-corrected chi connectivity index (χ3v) is 5.74. The summed E-state index contributed by atoms with van der Waals surface area (Å²) in [5, 5.41) is 8.36. The van der Waals surface area contributed by atoms with Gasteiger partial charge in [-0.15, -0.1) is 0 Å². The molecule has 2 aromatic carbocycles. The second kappa shape index (κ2) is 6.14. The highest BCUT2D eigenvalue weighted by Crippen LogP contribution is 2.52. The molecule has 0 bridgehead atoms. The number of rotatable bonds is 2. The molecule has 3 heterocycles. The molecule has 2 aliphatic rings. The van der Waals surface area contributed by atoms with Crippen molar-refractivity contribution in [3.8, 4) is 17.3 Å². The normalized spacial score (nSPS) is 19.4. The molecular formula is C22H20BrN3O2. The number of aryl methyl sites for hydroxylation is 2. The van der Waals surface area contributed by atoms with Gasteiger partial charge < -0.3 is 14.8 Å². The van der Waals surface area contributed by atoms with E-state index in [1.54, 1.807) is 0 Å². The number of benzene rings is 2. The van der Waals surface area contributed by atoms with Crippen LogP contribution in [-0.2, 0) is 12.1 Å². The summed E-state index contributed by atoms with van der Waals surface area (Å²) >= 11 is 3.67. The lowest BCUT2D eigenvalue weighted by molar-refractivity contribution is 0.152. The molecule has 0 aliphatic carbocycles. The number of nitrogens with zero attached hydrogens (tertiary/aromatic N) is 2. The van der Waals surface area contributed by atoms with Gasteiger partial charge in [0, 0.05) is 6.08 Å². The molecule has 0 saturated carbocycles. The molecule has 2 aliphatic heterocycles. The van der Waals surface area contributed by atoms with Gasteiger partial charge in [0.05, 0.1) is 21.5 Å². The van der Waals surface area contributed by atoms with Crippen LogP contribution < -0.4 is 14.8 Å². The third-order valence-electron chi connectivity index (χ3n) is 5.15. The van der Waals surface area contributed by atoms with Gasteiger partial charge in [-0.2, -0.15) is 5.10 Å². The summed E-state index contributed by atoms with van der Waals surface area (Å²) in [6, 6.07) is 14.2. The molecule has 1 atom stereocenters. The molecule has 142 valence electrons. The highest BCUT2D eigenvalue weighted by molar-refractivity contribution is 9.10.